The third kappa shape index (κ3) is 4.22. The monoisotopic (exact) mass is 456 g/mol. The largest absolute Gasteiger partial charge is 0.508 e. The van der Waals surface area contributed by atoms with Gasteiger partial charge in [-0.05, 0) is 81.9 Å². The van der Waals surface area contributed by atoms with Crippen LogP contribution in [0.3, 0.4) is 0 Å². The van der Waals surface area contributed by atoms with Crippen molar-refractivity contribution >= 4 is 12.0 Å². The van der Waals surface area contributed by atoms with E-state index in [4.69, 9.17) is 4.74 Å². The zero-order valence-corrected chi connectivity index (χ0v) is 21.0. The lowest BCUT2D eigenvalue weighted by Crippen LogP contribution is -2.65. The normalized spacial score (nSPS) is 30.8. The van der Waals surface area contributed by atoms with E-state index in [0.717, 1.165) is 44.2 Å². The number of hydrogen-bond donors (Lipinski definition) is 2. The number of rotatable bonds is 2. The van der Waals surface area contributed by atoms with Gasteiger partial charge < -0.3 is 20.1 Å². The topological polar surface area (TPSA) is 78.9 Å². The van der Waals surface area contributed by atoms with Gasteiger partial charge in [0.25, 0.3) is 0 Å². The van der Waals surface area contributed by atoms with E-state index < -0.39 is 5.60 Å². The lowest BCUT2D eigenvalue weighted by molar-refractivity contribution is -0.149. The molecule has 4 rings (SSSR count). The Kier molecular flexibility index (Phi) is 5.95. The first-order chi connectivity index (χ1) is 15.3. The van der Waals surface area contributed by atoms with Crippen LogP contribution in [-0.2, 0) is 21.4 Å². The fraction of sp³-hybridized carbons (Fsp3) is 0.704. The number of alkyl carbamates (subject to hydrolysis) is 1. The molecule has 1 saturated heterocycles. The Bertz CT molecular complexity index is 927. The second-order valence-corrected chi connectivity index (χ2v) is 12.1. The number of hydrogen-bond acceptors (Lipinski definition) is 4. The quantitative estimate of drug-likeness (QED) is 0.662. The van der Waals surface area contributed by atoms with Gasteiger partial charge in [-0.2, -0.15) is 0 Å². The van der Waals surface area contributed by atoms with Crippen molar-refractivity contribution in [2.45, 2.75) is 103 Å². The molecule has 2 fully saturated rings. The Hall–Kier alpha value is -2.24. The van der Waals surface area contributed by atoms with Gasteiger partial charge in [0.2, 0.25) is 5.91 Å². The fourth-order valence-electron chi connectivity index (χ4n) is 6.38. The number of aromatic hydroxyl groups is 1. The summed E-state index contributed by atoms with van der Waals surface area (Å²) in [6.45, 7) is 13.2. The third-order valence-corrected chi connectivity index (χ3v) is 8.71. The lowest BCUT2D eigenvalue weighted by atomic mass is 9.51. The number of ether oxygens (including phenoxy) is 1. The van der Waals surface area contributed by atoms with Gasteiger partial charge in [-0.15, -0.1) is 0 Å². The summed E-state index contributed by atoms with van der Waals surface area (Å²) in [6.07, 6.45) is 4.36. The Labute approximate surface area is 198 Å². The summed E-state index contributed by atoms with van der Waals surface area (Å²) in [7, 11) is 0. The second kappa shape index (κ2) is 8.21. The molecular formula is C27H40N2O4. The minimum atomic E-state index is -0.514. The van der Waals surface area contributed by atoms with Gasteiger partial charge in [0.05, 0.1) is 0 Å². The summed E-state index contributed by atoms with van der Waals surface area (Å²) in [5, 5.41) is 13.6. The maximum absolute atomic E-state index is 13.7. The predicted molar refractivity (Wildman–Crippen MR) is 128 cm³/mol. The standard InChI is InChI=1S/C27H40N2O4/c1-25(2,3)33-24(32)28-18-12-10-17(11-13-18)23(31)29-15-14-27(6)20-8-7-9-21(30)19(20)16-22(29)26(27,4)5/h7-9,17-18,22,30H,10-16H2,1-6H3,(H,28,32)/t17-,18+,22-,27+/m1/s1. The van der Waals surface area contributed by atoms with Crippen LogP contribution in [0.4, 0.5) is 4.79 Å². The van der Waals surface area contributed by atoms with Crippen molar-refractivity contribution in [3.8, 4) is 5.75 Å². The molecule has 182 valence electrons. The van der Waals surface area contributed by atoms with E-state index in [1.165, 1.54) is 5.56 Å². The summed E-state index contributed by atoms with van der Waals surface area (Å²) in [4.78, 5) is 27.9. The summed E-state index contributed by atoms with van der Waals surface area (Å²) in [6, 6.07) is 5.99. The SMILES string of the molecule is CC(C)(C)OC(=O)N[C@H]1CC[C@@H](C(=O)N2CC[C@@]3(C)c4cccc(O)c4C[C@@H]2C3(C)C)CC1. The number of benzene rings is 1. The van der Waals surface area contributed by atoms with E-state index in [1.54, 1.807) is 6.07 Å². The second-order valence-electron chi connectivity index (χ2n) is 12.1. The highest BCUT2D eigenvalue weighted by Gasteiger charge is 2.57. The van der Waals surface area contributed by atoms with E-state index >= 15 is 0 Å². The Morgan fingerprint density at radius 1 is 1.12 bits per heavy atom. The van der Waals surface area contributed by atoms with Crippen LogP contribution in [0.2, 0.25) is 0 Å². The number of nitrogens with one attached hydrogen (secondary N) is 1. The first kappa shape index (κ1) is 23.9. The average molecular weight is 457 g/mol. The molecule has 2 amide bonds. The van der Waals surface area contributed by atoms with E-state index in [-0.39, 0.29) is 40.8 Å². The smallest absolute Gasteiger partial charge is 0.407 e. The van der Waals surface area contributed by atoms with Gasteiger partial charge in [-0.1, -0.05) is 32.9 Å². The first-order valence-electron chi connectivity index (χ1n) is 12.4. The molecule has 33 heavy (non-hydrogen) atoms. The third-order valence-electron chi connectivity index (χ3n) is 8.71. The van der Waals surface area contributed by atoms with Crippen LogP contribution in [0.25, 0.3) is 0 Å². The summed E-state index contributed by atoms with van der Waals surface area (Å²) in [5.74, 6) is 0.583. The Morgan fingerprint density at radius 2 is 1.79 bits per heavy atom. The molecule has 2 bridgehead atoms. The Morgan fingerprint density at radius 3 is 2.42 bits per heavy atom. The van der Waals surface area contributed by atoms with Crippen molar-refractivity contribution in [2.75, 3.05) is 6.54 Å². The Balaban J connectivity index is 1.44. The number of piperidine rings is 1. The van der Waals surface area contributed by atoms with Crippen LogP contribution < -0.4 is 5.32 Å². The molecule has 6 heteroatoms. The van der Waals surface area contributed by atoms with E-state index in [9.17, 15) is 14.7 Å². The van der Waals surface area contributed by atoms with Crippen LogP contribution in [-0.4, -0.2) is 46.2 Å². The van der Waals surface area contributed by atoms with Crippen molar-refractivity contribution < 1.29 is 19.4 Å². The number of carbonyl (C=O) groups excluding carboxylic acids is 2. The van der Waals surface area contributed by atoms with Crippen LogP contribution in [0.5, 0.6) is 5.75 Å². The molecule has 1 aromatic carbocycles. The van der Waals surface area contributed by atoms with Crippen LogP contribution in [0.15, 0.2) is 18.2 Å². The van der Waals surface area contributed by atoms with Crippen LogP contribution in [0, 0.1) is 11.3 Å². The number of phenolic OH excluding ortho intramolecular Hbond substituents is 1. The van der Waals surface area contributed by atoms with Gasteiger partial charge in [0, 0.05) is 30.0 Å². The number of fused-ring (bicyclic) bond motifs is 4. The van der Waals surface area contributed by atoms with Gasteiger partial charge in [0.1, 0.15) is 11.4 Å². The molecule has 0 aromatic heterocycles. The van der Waals surface area contributed by atoms with Gasteiger partial charge >= 0.3 is 6.09 Å². The van der Waals surface area contributed by atoms with E-state index in [1.807, 2.05) is 26.8 Å². The van der Waals surface area contributed by atoms with Gasteiger partial charge in [0.15, 0.2) is 0 Å². The molecule has 0 radical (unpaired) electrons. The first-order valence-corrected chi connectivity index (χ1v) is 12.4. The van der Waals surface area contributed by atoms with E-state index in [2.05, 4.69) is 37.1 Å². The predicted octanol–water partition coefficient (Wildman–Crippen LogP) is 4.92. The fourth-order valence-corrected chi connectivity index (χ4v) is 6.38. The van der Waals surface area contributed by atoms with Crippen molar-refractivity contribution in [3.05, 3.63) is 29.3 Å². The summed E-state index contributed by atoms with van der Waals surface area (Å²) < 4.78 is 5.38. The molecule has 0 spiro atoms. The maximum atomic E-state index is 13.7. The minimum absolute atomic E-state index is 0.00684. The molecule has 1 heterocycles. The highest BCUT2D eigenvalue weighted by molar-refractivity contribution is 5.80. The van der Waals surface area contributed by atoms with Crippen molar-refractivity contribution in [1.29, 1.82) is 0 Å². The highest BCUT2D eigenvalue weighted by Crippen LogP contribution is 2.57. The maximum Gasteiger partial charge on any atom is 0.407 e. The minimum Gasteiger partial charge on any atom is -0.508 e. The van der Waals surface area contributed by atoms with Crippen LogP contribution in [0.1, 0.15) is 84.8 Å². The number of amides is 2. The van der Waals surface area contributed by atoms with Gasteiger partial charge in [-0.25, -0.2) is 4.79 Å². The molecule has 0 unspecified atom stereocenters. The zero-order chi connectivity index (χ0) is 24.2. The molecule has 6 nitrogen and oxygen atoms in total. The number of carbonyl (C=O) groups is 2. The number of likely N-dealkylation sites (tertiary alicyclic amines) is 1. The molecular weight excluding hydrogens is 416 g/mol. The summed E-state index contributed by atoms with van der Waals surface area (Å²) >= 11 is 0. The molecule has 2 aliphatic carbocycles. The molecule has 1 aliphatic heterocycles. The van der Waals surface area contributed by atoms with Crippen molar-refractivity contribution in [3.63, 3.8) is 0 Å². The molecule has 3 aliphatic rings. The highest BCUT2D eigenvalue weighted by atomic mass is 16.6. The number of phenols is 1. The molecule has 2 atom stereocenters. The van der Waals surface area contributed by atoms with Crippen LogP contribution >= 0.6 is 0 Å². The average Bonchev–Trinajstić information content (AvgIpc) is 2.70. The van der Waals surface area contributed by atoms with E-state index in [0.29, 0.717) is 12.2 Å². The zero-order valence-electron chi connectivity index (χ0n) is 21.0. The van der Waals surface area contributed by atoms with Gasteiger partial charge in [-0.3, -0.25) is 4.79 Å². The molecule has 1 aromatic rings. The summed E-state index contributed by atoms with van der Waals surface area (Å²) in [5.41, 5.74) is 1.57. The van der Waals surface area contributed by atoms with Crippen molar-refractivity contribution in [2.24, 2.45) is 11.3 Å². The van der Waals surface area contributed by atoms with Crippen molar-refractivity contribution in [1.82, 2.24) is 10.2 Å². The lowest BCUT2D eigenvalue weighted by Gasteiger charge is -2.61. The molecule has 1 saturated carbocycles. The number of nitrogens with zero attached hydrogens (tertiary/aromatic N) is 1. The molecule has 2 N–H and O–H groups in total.